The molecule has 4 aliphatic carbocycles. The van der Waals surface area contributed by atoms with Gasteiger partial charge in [-0.3, -0.25) is 0 Å². The lowest BCUT2D eigenvalue weighted by atomic mass is 9.48. The number of benzene rings is 1. The second kappa shape index (κ2) is 7.29. The maximum atomic E-state index is 4.84. The molecule has 0 aliphatic heterocycles. The first-order chi connectivity index (χ1) is 13.6. The van der Waals surface area contributed by atoms with Crippen molar-refractivity contribution in [3.05, 3.63) is 36.0 Å². The van der Waals surface area contributed by atoms with Crippen LogP contribution in [0.3, 0.4) is 0 Å². The van der Waals surface area contributed by atoms with Crippen LogP contribution in [0.2, 0.25) is 0 Å². The summed E-state index contributed by atoms with van der Waals surface area (Å²) in [5.74, 6) is 3.00. The Bertz CT molecular complexity index is 774. The lowest BCUT2D eigenvalue weighted by molar-refractivity contribution is -0.0707. The number of aromatic nitrogens is 3. The van der Waals surface area contributed by atoms with Gasteiger partial charge >= 0.3 is 0 Å². The summed E-state index contributed by atoms with van der Waals surface area (Å²) in [6, 6.07) is 11.1. The molecule has 1 N–H and O–H groups in total. The molecular formula is C24H34N4. The molecule has 0 spiro atoms. The van der Waals surface area contributed by atoms with Crippen LogP contribution < -0.4 is 5.32 Å². The summed E-state index contributed by atoms with van der Waals surface area (Å²) in [6.45, 7) is 6.31. The predicted molar refractivity (Wildman–Crippen MR) is 113 cm³/mol. The summed E-state index contributed by atoms with van der Waals surface area (Å²) < 4.78 is 0. The van der Waals surface area contributed by atoms with Gasteiger partial charge in [-0.05, 0) is 75.0 Å². The van der Waals surface area contributed by atoms with Crippen LogP contribution in [0, 0.1) is 23.2 Å². The van der Waals surface area contributed by atoms with Crippen LogP contribution in [0.5, 0.6) is 0 Å². The van der Waals surface area contributed by atoms with E-state index in [-0.39, 0.29) is 0 Å². The van der Waals surface area contributed by atoms with Gasteiger partial charge in [0.1, 0.15) is 11.4 Å². The molecule has 1 aromatic carbocycles. The third-order valence-electron chi connectivity index (χ3n) is 7.78. The van der Waals surface area contributed by atoms with Gasteiger partial charge < -0.3 is 5.32 Å². The molecular weight excluding hydrogens is 344 g/mol. The van der Waals surface area contributed by atoms with Crippen LogP contribution in [0.1, 0.15) is 64.5 Å². The molecule has 0 unspecified atom stereocenters. The van der Waals surface area contributed by atoms with Crippen molar-refractivity contribution in [2.45, 2.75) is 77.9 Å². The Kier molecular flexibility index (Phi) is 4.78. The van der Waals surface area contributed by atoms with Crippen molar-refractivity contribution < 1.29 is 0 Å². The minimum Gasteiger partial charge on any atom is -0.308 e. The molecule has 28 heavy (non-hydrogen) atoms. The summed E-state index contributed by atoms with van der Waals surface area (Å²) in [7, 11) is 0. The van der Waals surface area contributed by atoms with Gasteiger partial charge in [-0.2, -0.15) is 15.0 Å². The van der Waals surface area contributed by atoms with Gasteiger partial charge in [-0.1, -0.05) is 37.3 Å². The van der Waals surface area contributed by atoms with E-state index in [2.05, 4.69) is 49.5 Å². The smallest absolute Gasteiger partial charge is 0.117 e. The molecule has 2 aromatic rings. The van der Waals surface area contributed by atoms with Crippen LogP contribution >= 0.6 is 0 Å². The van der Waals surface area contributed by atoms with Crippen LogP contribution in [0.4, 0.5) is 0 Å². The molecule has 0 radical (unpaired) electrons. The van der Waals surface area contributed by atoms with Crippen LogP contribution in [-0.2, 0) is 13.1 Å². The van der Waals surface area contributed by atoms with Crippen LogP contribution in [-0.4, -0.2) is 21.0 Å². The molecule has 1 aromatic heterocycles. The zero-order chi connectivity index (χ0) is 19.1. The molecule has 0 saturated heterocycles. The first-order valence-electron chi connectivity index (χ1n) is 11.4. The fraction of sp³-hybridized carbons (Fsp3) is 0.667. The molecule has 150 valence electrons. The predicted octanol–water partition coefficient (Wildman–Crippen LogP) is 5.05. The molecule has 4 saturated carbocycles. The quantitative estimate of drug-likeness (QED) is 0.733. The standard InChI is InChI=1S/C24H34N4/c1-3-9-28-26-22(23(27-28)21-7-5-4-6-8-21)16-25-17(2)24-13-18-10-19(14-24)12-20(11-18)15-24/h4-8,17-20,25H,3,9-16H2,1-2H3/t17-,18?,19?,20?,24?/m1/s1. The Labute approximate surface area is 169 Å². The Hall–Kier alpha value is -1.68. The molecule has 4 nitrogen and oxygen atoms in total. The van der Waals surface area contributed by atoms with E-state index in [0.29, 0.717) is 11.5 Å². The lowest BCUT2D eigenvalue weighted by Gasteiger charge is -2.59. The molecule has 1 atom stereocenters. The highest BCUT2D eigenvalue weighted by Gasteiger charge is 2.52. The minimum absolute atomic E-state index is 0.529. The maximum absolute atomic E-state index is 4.84. The number of rotatable bonds is 7. The highest BCUT2D eigenvalue weighted by Crippen LogP contribution is 2.61. The van der Waals surface area contributed by atoms with E-state index >= 15 is 0 Å². The molecule has 1 heterocycles. The minimum atomic E-state index is 0.529. The third kappa shape index (κ3) is 3.30. The van der Waals surface area contributed by atoms with Crippen molar-refractivity contribution in [3.63, 3.8) is 0 Å². The second-order valence-electron chi connectivity index (χ2n) is 9.84. The van der Waals surface area contributed by atoms with Gasteiger partial charge in [0.05, 0.1) is 6.54 Å². The first-order valence-corrected chi connectivity index (χ1v) is 11.4. The summed E-state index contributed by atoms with van der Waals surface area (Å²) in [5.41, 5.74) is 3.83. The van der Waals surface area contributed by atoms with Gasteiger partial charge in [0, 0.05) is 18.2 Å². The molecule has 4 heteroatoms. The zero-order valence-electron chi connectivity index (χ0n) is 17.4. The Morgan fingerprint density at radius 3 is 2.29 bits per heavy atom. The molecule has 4 aliphatic rings. The number of nitrogens with zero attached hydrogens (tertiary/aromatic N) is 3. The summed E-state index contributed by atoms with van der Waals surface area (Å²) in [5, 5.41) is 13.5. The van der Waals surface area contributed by atoms with Gasteiger partial charge in [0.25, 0.3) is 0 Å². The van der Waals surface area contributed by atoms with E-state index in [1.54, 1.807) is 0 Å². The average Bonchev–Trinajstić information content (AvgIpc) is 3.09. The molecule has 4 bridgehead atoms. The first kappa shape index (κ1) is 18.4. The van der Waals surface area contributed by atoms with Crippen molar-refractivity contribution in [3.8, 4) is 11.3 Å². The van der Waals surface area contributed by atoms with Gasteiger partial charge in [-0.15, -0.1) is 0 Å². The number of hydrogen-bond donors (Lipinski definition) is 1. The van der Waals surface area contributed by atoms with E-state index in [9.17, 15) is 0 Å². The monoisotopic (exact) mass is 378 g/mol. The third-order valence-corrected chi connectivity index (χ3v) is 7.78. The van der Waals surface area contributed by atoms with Gasteiger partial charge in [0.2, 0.25) is 0 Å². The highest BCUT2D eigenvalue weighted by atomic mass is 15.5. The van der Waals surface area contributed by atoms with Crippen LogP contribution in [0.25, 0.3) is 11.3 Å². The number of aryl methyl sites for hydroxylation is 1. The van der Waals surface area contributed by atoms with Crippen molar-refractivity contribution >= 4 is 0 Å². The molecule has 6 rings (SSSR count). The fourth-order valence-corrected chi connectivity index (χ4v) is 6.80. The van der Waals surface area contributed by atoms with Crippen molar-refractivity contribution in [1.82, 2.24) is 20.3 Å². The van der Waals surface area contributed by atoms with Gasteiger partial charge in [-0.25, -0.2) is 0 Å². The highest BCUT2D eigenvalue weighted by molar-refractivity contribution is 5.60. The normalized spacial score (nSPS) is 32.0. The topological polar surface area (TPSA) is 42.7 Å². The van der Waals surface area contributed by atoms with Crippen molar-refractivity contribution in [1.29, 1.82) is 0 Å². The largest absolute Gasteiger partial charge is 0.308 e. The van der Waals surface area contributed by atoms with Crippen LogP contribution in [0.15, 0.2) is 30.3 Å². The lowest BCUT2D eigenvalue weighted by Crippen LogP contribution is -2.54. The summed E-state index contributed by atoms with van der Waals surface area (Å²) >= 11 is 0. The summed E-state index contributed by atoms with van der Waals surface area (Å²) in [4.78, 5) is 1.88. The SMILES string of the molecule is CCCn1nc(CN[C@H](C)C23CC4CC(CC(C4)C2)C3)c(-c2ccccc2)n1. The molecule has 4 fully saturated rings. The number of nitrogens with one attached hydrogen (secondary N) is 1. The van der Waals surface area contributed by atoms with E-state index in [4.69, 9.17) is 10.2 Å². The Morgan fingerprint density at radius 1 is 1.04 bits per heavy atom. The van der Waals surface area contributed by atoms with E-state index in [0.717, 1.165) is 48.7 Å². The Morgan fingerprint density at radius 2 is 1.68 bits per heavy atom. The second-order valence-corrected chi connectivity index (χ2v) is 9.84. The van der Waals surface area contributed by atoms with E-state index < -0.39 is 0 Å². The van der Waals surface area contributed by atoms with E-state index in [1.165, 1.54) is 44.1 Å². The average molecular weight is 379 g/mol. The summed E-state index contributed by atoms with van der Waals surface area (Å²) in [6.07, 6.45) is 9.92. The van der Waals surface area contributed by atoms with Crippen molar-refractivity contribution in [2.75, 3.05) is 0 Å². The fourth-order valence-electron chi connectivity index (χ4n) is 6.80. The van der Waals surface area contributed by atoms with E-state index in [1.807, 2.05) is 4.80 Å². The number of hydrogen-bond acceptors (Lipinski definition) is 3. The van der Waals surface area contributed by atoms with Crippen molar-refractivity contribution in [2.24, 2.45) is 23.2 Å². The van der Waals surface area contributed by atoms with Gasteiger partial charge in [0.15, 0.2) is 0 Å². The molecule has 0 amide bonds. The Balaban J connectivity index is 1.34. The zero-order valence-corrected chi connectivity index (χ0v) is 17.4. The maximum Gasteiger partial charge on any atom is 0.117 e.